The molecule has 1 aliphatic heterocycles. The number of rotatable bonds is 3. The summed E-state index contributed by atoms with van der Waals surface area (Å²) in [5.74, 6) is 1.76. The molecule has 0 amide bonds. The third-order valence-corrected chi connectivity index (χ3v) is 4.60. The number of anilines is 2. The van der Waals surface area contributed by atoms with Crippen LogP contribution in [0.15, 0.2) is 35.2 Å². The van der Waals surface area contributed by atoms with Crippen molar-refractivity contribution in [2.45, 2.75) is 18.9 Å². The minimum Gasteiger partial charge on any atom is -0.356 e. The Morgan fingerprint density at radius 3 is 2.41 bits per heavy atom. The van der Waals surface area contributed by atoms with Crippen LogP contribution < -0.4 is 9.80 Å². The molecule has 0 N–H and O–H groups in total. The second-order valence-corrected chi connectivity index (χ2v) is 6.72. The summed E-state index contributed by atoms with van der Waals surface area (Å²) in [7, 11) is 2.06. The van der Waals surface area contributed by atoms with Gasteiger partial charge in [-0.2, -0.15) is 0 Å². The highest BCUT2D eigenvalue weighted by molar-refractivity contribution is 9.10. The maximum absolute atomic E-state index is 5.89. The van der Waals surface area contributed by atoms with Gasteiger partial charge in [-0.1, -0.05) is 11.6 Å². The number of pyridine rings is 1. The van der Waals surface area contributed by atoms with Crippen molar-refractivity contribution >= 4 is 39.3 Å². The van der Waals surface area contributed by atoms with Gasteiger partial charge in [0.1, 0.15) is 5.82 Å². The highest BCUT2D eigenvalue weighted by Gasteiger charge is 2.24. The number of piperidine rings is 1. The van der Waals surface area contributed by atoms with Crippen LogP contribution in [0, 0.1) is 0 Å². The zero-order valence-corrected chi connectivity index (χ0v) is 14.6. The Kier molecular flexibility index (Phi) is 4.78. The van der Waals surface area contributed by atoms with Gasteiger partial charge in [0, 0.05) is 44.8 Å². The van der Waals surface area contributed by atoms with Gasteiger partial charge in [0.15, 0.2) is 0 Å². The molecular formula is C15H17BrClN5. The van der Waals surface area contributed by atoms with E-state index in [1.807, 2.05) is 12.1 Å². The highest BCUT2D eigenvalue weighted by atomic mass is 79.9. The highest BCUT2D eigenvalue weighted by Crippen LogP contribution is 2.23. The summed E-state index contributed by atoms with van der Waals surface area (Å²) in [4.78, 5) is 17.6. The van der Waals surface area contributed by atoms with Crippen molar-refractivity contribution in [3.8, 4) is 0 Å². The summed E-state index contributed by atoms with van der Waals surface area (Å²) in [5.41, 5.74) is 0. The lowest BCUT2D eigenvalue weighted by atomic mass is 10.0. The molecule has 0 unspecified atom stereocenters. The number of aromatic nitrogens is 3. The smallest absolute Gasteiger partial charge is 0.225 e. The Morgan fingerprint density at radius 2 is 1.82 bits per heavy atom. The van der Waals surface area contributed by atoms with Crippen LogP contribution in [-0.2, 0) is 0 Å². The second kappa shape index (κ2) is 6.79. The van der Waals surface area contributed by atoms with Crippen molar-refractivity contribution in [1.82, 2.24) is 15.0 Å². The molecule has 0 saturated carbocycles. The molecule has 0 radical (unpaired) electrons. The van der Waals surface area contributed by atoms with E-state index in [2.05, 4.69) is 47.7 Å². The Bertz CT molecular complexity index is 611. The first-order valence-corrected chi connectivity index (χ1v) is 8.37. The predicted molar refractivity (Wildman–Crippen MR) is 92.6 cm³/mol. The molecule has 0 atom stereocenters. The minimum atomic E-state index is 0.449. The molecule has 1 saturated heterocycles. The molecule has 0 spiro atoms. The van der Waals surface area contributed by atoms with E-state index in [1.165, 1.54) is 0 Å². The monoisotopic (exact) mass is 381 g/mol. The lowest BCUT2D eigenvalue weighted by Crippen LogP contribution is -2.44. The molecule has 2 aromatic rings. The topological polar surface area (TPSA) is 45.2 Å². The van der Waals surface area contributed by atoms with Crippen molar-refractivity contribution in [3.05, 3.63) is 40.2 Å². The fraction of sp³-hybridized carbons (Fsp3) is 0.400. The Hall–Kier alpha value is -1.40. The van der Waals surface area contributed by atoms with Crippen molar-refractivity contribution in [1.29, 1.82) is 0 Å². The Morgan fingerprint density at radius 1 is 1.14 bits per heavy atom. The fourth-order valence-electron chi connectivity index (χ4n) is 2.69. The summed E-state index contributed by atoms with van der Waals surface area (Å²) in [6, 6.07) is 4.31. The van der Waals surface area contributed by atoms with E-state index in [-0.39, 0.29) is 0 Å². The van der Waals surface area contributed by atoms with Gasteiger partial charge in [-0.3, -0.25) is 0 Å². The molecule has 1 fully saturated rings. The van der Waals surface area contributed by atoms with Gasteiger partial charge >= 0.3 is 0 Å². The normalized spacial score (nSPS) is 15.9. The van der Waals surface area contributed by atoms with Gasteiger partial charge in [0.25, 0.3) is 0 Å². The maximum Gasteiger partial charge on any atom is 0.225 e. The Balaban J connectivity index is 1.61. The van der Waals surface area contributed by atoms with E-state index < -0.39 is 0 Å². The van der Waals surface area contributed by atoms with E-state index in [0.29, 0.717) is 11.1 Å². The molecule has 0 aromatic carbocycles. The first kappa shape index (κ1) is 15.5. The molecular weight excluding hydrogens is 366 g/mol. The second-order valence-electron chi connectivity index (χ2n) is 5.37. The van der Waals surface area contributed by atoms with E-state index in [4.69, 9.17) is 11.6 Å². The number of halogens is 2. The molecule has 22 heavy (non-hydrogen) atoms. The van der Waals surface area contributed by atoms with Gasteiger partial charge in [0.05, 0.1) is 9.50 Å². The lowest BCUT2D eigenvalue weighted by molar-refractivity contribution is 0.475. The quantitative estimate of drug-likeness (QED) is 0.814. The van der Waals surface area contributed by atoms with Crippen LogP contribution in [-0.4, -0.2) is 41.1 Å². The average molecular weight is 383 g/mol. The molecule has 0 aliphatic carbocycles. The fourth-order valence-corrected chi connectivity index (χ4v) is 3.00. The first-order chi connectivity index (χ1) is 10.6. The van der Waals surface area contributed by atoms with Gasteiger partial charge in [-0.25, -0.2) is 15.0 Å². The Labute approximate surface area is 143 Å². The largest absolute Gasteiger partial charge is 0.356 e. The van der Waals surface area contributed by atoms with E-state index in [0.717, 1.165) is 42.2 Å². The molecule has 5 nitrogen and oxygen atoms in total. The molecule has 1 aliphatic rings. The zero-order valence-electron chi connectivity index (χ0n) is 12.3. The number of hydrogen-bond donors (Lipinski definition) is 0. The molecule has 116 valence electrons. The summed E-state index contributed by atoms with van der Waals surface area (Å²) in [6.45, 7) is 1.94. The number of hydrogen-bond acceptors (Lipinski definition) is 5. The van der Waals surface area contributed by atoms with Crippen molar-refractivity contribution in [2.24, 2.45) is 0 Å². The lowest BCUT2D eigenvalue weighted by Gasteiger charge is -2.37. The van der Waals surface area contributed by atoms with Crippen molar-refractivity contribution in [2.75, 3.05) is 29.9 Å². The standard InChI is InChI=1S/C15H17BrClN5/c1-21(15-19-8-11(16)9-20-15)13-4-6-22(7-5-13)14-3-2-12(17)10-18-14/h2-3,8-10,13H,4-7H2,1H3. The van der Waals surface area contributed by atoms with Crippen LogP contribution in [0.4, 0.5) is 11.8 Å². The van der Waals surface area contributed by atoms with Gasteiger partial charge < -0.3 is 9.80 Å². The van der Waals surface area contributed by atoms with E-state index >= 15 is 0 Å². The van der Waals surface area contributed by atoms with Gasteiger partial charge in [-0.05, 0) is 40.9 Å². The maximum atomic E-state index is 5.89. The van der Waals surface area contributed by atoms with Gasteiger partial charge in [-0.15, -0.1) is 0 Å². The molecule has 0 bridgehead atoms. The van der Waals surface area contributed by atoms with E-state index in [1.54, 1.807) is 18.6 Å². The van der Waals surface area contributed by atoms with Gasteiger partial charge in [0.2, 0.25) is 5.95 Å². The van der Waals surface area contributed by atoms with Crippen LogP contribution in [0.2, 0.25) is 5.02 Å². The molecule has 3 rings (SSSR count). The number of nitrogens with zero attached hydrogens (tertiary/aromatic N) is 5. The van der Waals surface area contributed by atoms with Crippen LogP contribution >= 0.6 is 27.5 Å². The van der Waals surface area contributed by atoms with Crippen LogP contribution in [0.5, 0.6) is 0 Å². The minimum absolute atomic E-state index is 0.449. The summed E-state index contributed by atoms with van der Waals surface area (Å²) in [5, 5.41) is 0.672. The predicted octanol–water partition coefficient (Wildman–Crippen LogP) is 3.39. The van der Waals surface area contributed by atoms with E-state index in [9.17, 15) is 0 Å². The van der Waals surface area contributed by atoms with Crippen LogP contribution in [0.1, 0.15) is 12.8 Å². The average Bonchev–Trinajstić information content (AvgIpc) is 2.56. The van der Waals surface area contributed by atoms with Crippen LogP contribution in [0.25, 0.3) is 0 Å². The summed E-state index contributed by atoms with van der Waals surface area (Å²) < 4.78 is 0.897. The summed E-state index contributed by atoms with van der Waals surface area (Å²) >= 11 is 9.25. The molecule has 7 heteroatoms. The third-order valence-electron chi connectivity index (χ3n) is 3.97. The van der Waals surface area contributed by atoms with Crippen molar-refractivity contribution in [3.63, 3.8) is 0 Å². The third kappa shape index (κ3) is 3.50. The SMILES string of the molecule is CN(c1ncc(Br)cn1)C1CCN(c2ccc(Cl)cn2)CC1. The van der Waals surface area contributed by atoms with Crippen LogP contribution in [0.3, 0.4) is 0 Å². The first-order valence-electron chi connectivity index (χ1n) is 7.20. The zero-order chi connectivity index (χ0) is 15.5. The molecule has 2 aromatic heterocycles. The molecule has 3 heterocycles. The summed E-state index contributed by atoms with van der Waals surface area (Å²) in [6.07, 6.45) is 7.38. The van der Waals surface area contributed by atoms with Crippen molar-refractivity contribution < 1.29 is 0 Å².